The van der Waals surface area contributed by atoms with Crippen LogP contribution in [0.4, 0.5) is 24.0 Å². The number of ketones is 1. The smallest absolute Gasteiger partial charge is 0.416 e. The third-order valence-corrected chi connectivity index (χ3v) is 6.70. The molecule has 0 saturated carbocycles. The van der Waals surface area contributed by atoms with Gasteiger partial charge in [0.1, 0.15) is 5.76 Å². The number of carbonyl (C=O) groups excluding carboxylic acids is 2. The quantitative estimate of drug-likeness (QED) is 0.227. The summed E-state index contributed by atoms with van der Waals surface area (Å²) in [4.78, 5) is 32.1. The lowest BCUT2D eigenvalue weighted by Crippen LogP contribution is -2.31. The number of nitrogens with zero attached hydrogens (tertiary/aromatic N) is 2. The number of aromatic nitrogens is 1. The molecule has 12 heteroatoms. The Morgan fingerprint density at radius 2 is 1.86 bits per heavy atom. The number of aliphatic hydroxyl groups excluding tert-OH is 1. The summed E-state index contributed by atoms with van der Waals surface area (Å²) in [5.74, 6) is -2.29. The number of Topliss-reactive ketones (excluding diaryl/α,β-unsaturated/α-hetero) is 1. The van der Waals surface area contributed by atoms with E-state index in [4.69, 9.17) is 4.42 Å². The summed E-state index contributed by atoms with van der Waals surface area (Å²) < 4.78 is 45.4. The largest absolute Gasteiger partial charge is 0.503 e. The minimum atomic E-state index is -4.59. The number of hydrogen-bond acceptors (Lipinski definition) is 8. The third kappa shape index (κ3) is 3.89. The molecule has 1 atom stereocenters. The predicted octanol–water partition coefficient (Wildman–Crippen LogP) is 5.80. The number of thiazole rings is 1. The molecule has 3 heterocycles. The van der Waals surface area contributed by atoms with Crippen LogP contribution in [0.25, 0.3) is 10.2 Å². The molecule has 0 saturated heterocycles. The van der Waals surface area contributed by atoms with Crippen molar-refractivity contribution in [1.29, 1.82) is 0 Å². The average Bonchev–Trinajstić information content (AvgIpc) is 3.53. The number of rotatable bonds is 5. The molecule has 0 bridgehead atoms. The molecule has 2 aromatic heterocycles. The van der Waals surface area contributed by atoms with Crippen LogP contribution in [-0.4, -0.2) is 27.0 Å². The highest BCUT2D eigenvalue weighted by molar-refractivity contribution is 7.22. The van der Waals surface area contributed by atoms with Gasteiger partial charge in [0.2, 0.25) is 5.78 Å². The minimum absolute atomic E-state index is 0.0972. The number of anilines is 2. The van der Waals surface area contributed by atoms with Gasteiger partial charge >= 0.3 is 6.18 Å². The standard InChI is InChI=1S/C24H16F3N3O5S/c1-11-2-9-16(35-11)20(31)18-19(12-3-5-13(6-4-12)24(25,26)27)30(22(33)21(18)32)23-28-15-8-7-14(29-34)10-17(15)36-23/h2-10,19,29,32,34H,1H3. The van der Waals surface area contributed by atoms with Crippen LogP contribution >= 0.6 is 11.3 Å². The van der Waals surface area contributed by atoms with E-state index in [1.165, 1.54) is 12.1 Å². The van der Waals surface area contributed by atoms with E-state index in [0.717, 1.165) is 40.5 Å². The Balaban J connectivity index is 1.66. The summed E-state index contributed by atoms with van der Waals surface area (Å²) in [7, 11) is 0. The van der Waals surface area contributed by atoms with Crippen molar-refractivity contribution in [2.75, 3.05) is 10.4 Å². The summed E-state index contributed by atoms with van der Waals surface area (Å²) >= 11 is 1.04. The molecular formula is C24H16F3N3O5S. The minimum Gasteiger partial charge on any atom is -0.503 e. The fourth-order valence-electron chi connectivity index (χ4n) is 3.98. The monoisotopic (exact) mass is 515 g/mol. The van der Waals surface area contributed by atoms with E-state index in [1.54, 1.807) is 25.1 Å². The number of benzene rings is 2. The molecule has 0 aliphatic carbocycles. The van der Waals surface area contributed by atoms with Crippen LogP contribution in [0.1, 0.15) is 33.5 Å². The maximum absolute atomic E-state index is 13.3. The van der Waals surface area contributed by atoms with Crippen LogP contribution in [0.5, 0.6) is 0 Å². The summed E-state index contributed by atoms with van der Waals surface area (Å²) in [5.41, 5.74) is 1.75. The number of furan rings is 1. The van der Waals surface area contributed by atoms with E-state index < -0.39 is 35.2 Å². The first-order chi connectivity index (χ1) is 17.1. The first kappa shape index (κ1) is 23.6. The van der Waals surface area contributed by atoms with Gasteiger partial charge in [0.05, 0.1) is 33.1 Å². The predicted molar refractivity (Wildman–Crippen MR) is 124 cm³/mol. The Morgan fingerprint density at radius 3 is 2.47 bits per heavy atom. The second-order valence-corrected chi connectivity index (χ2v) is 9.00. The van der Waals surface area contributed by atoms with Gasteiger partial charge in [0, 0.05) is 0 Å². The zero-order valence-corrected chi connectivity index (χ0v) is 19.1. The molecule has 1 amide bonds. The van der Waals surface area contributed by atoms with Crippen molar-refractivity contribution in [1.82, 2.24) is 4.98 Å². The number of aryl methyl sites for hydroxylation is 1. The van der Waals surface area contributed by atoms with Gasteiger partial charge in [-0.25, -0.2) is 4.98 Å². The van der Waals surface area contributed by atoms with Crippen LogP contribution in [0, 0.1) is 6.92 Å². The van der Waals surface area contributed by atoms with Crippen molar-refractivity contribution in [3.05, 3.63) is 88.6 Å². The van der Waals surface area contributed by atoms with E-state index in [0.29, 0.717) is 21.7 Å². The van der Waals surface area contributed by atoms with E-state index in [2.05, 4.69) is 4.98 Å². The number of nitrogens with one attached hydrogen (secondary N) is 1. The fourth-order valence-corrected chi connectivity index (χ4v) is 5.01. The van der Waals surface area contributed by atoms with Crippen molar-refractivity contribution < 1.29 is 37.5 Å². The van der Waals surface area contributed by atoms with Gasteiger partial charge in [-0.2, -0.15) is 13.2 Å². The lowest BCUT2D eigenvalue weighted by molar-refractivity contribution is -0.137. The molecule has 1 aliphatic rings. The van der Waals surface area contributed by atoms with Crippen molar-refractivity contribution in [3.8, 4) is 0 Å². The molecule has 1 unspecified atom stereocenters. The fraction of sp³-hybridized carbons (Fsp3) is 0.125. The summed E-state index contributed by atoms with van der Waals surface area (Å²) in [6.07, 6.45) is -4.59. The Labute approximate surface area is 204 Å². The second-order valence-electron chi connectivity index (χ2n) is 7.99. The molecule has 8 nitrogen and oxygen atoms in total. The molecule has 184 valence electrons. The Kier molecular flexibility index (Phi) is 5.57. The number of fused-ring (bicyclic) bond motifs is 1. The number of hydrogen-bond donors (Lipinski definition) is 3. The Hall–Kier alpha value is -4.16. The highest BCUT2D eigenvalue weighted by atomic mass is 32.1. The highest BCUT2D eigenvalue weighted by Gasteiger charge is 2.46. The van der Waals surface area contributed by atoms with E-state index >= 15 is 0 Å². The maximum atomic E-state index is 13.3. The molecule has 2 aromatic carbocycles. The highest BCUT2D eigenvalue weighted by Crippen LogP contribution is 2.45. The molecule has 0 radical (unpaired) electrons. The van der Waals surface area contributed by atoms with E-state index in [9.17, 15) is 33.1 Å². The number of halogens is 3. The SMILES string of the molecule is Cc1ccc(C(=O)C2=C(O)C(=O)N(c3nc4ccc(NO)cc4s3)C2c2ccc(C(F)(F)F)cc2)o1. The third-order valence-electron chi connectivity index (χ3n) is 5.68. The van der Waals surface area contributed by atoms with E-state index in [1.807, 2.05) is 5.48 Å². The first-order valence-electron chi connectivity index (χ1n) is 10.4. The zero-order valence-electron chi connectivity index (χ0n) is 18.3. The summed E-state index contributed by atoms with van der Waals surface area (Å²) in [6.45, 7) is 1.61. The normalized spacial score (nSPS) is 16.3. The van der Waals surface area contributed by atoms with Gasteiger partial charge in [-0.05, 0) is 55.0 Å². The Morgan fingerprint density at radius 1 is 1.14 bits per heavy atom. The van der Waals surface area contributed by atoms with Gasteiger partial charge in [-0.3, -0.25) is 25.2 Å². The summed E-state index contributed by atoms with van der Waals surface area (Å²) in [5, 5.41) is 20.0. The van der Waals surface area contributed by atoms with Gasteiger partial charge in [-0.15, -0.1) is 0 Å². The van der Waals surface area contributed by atoms with Crippen molar-refractivity contribution >= 4 is 44.1 Å². The van der Waals surface area contributed by atoms with Crippen LogP contribution in [0.15, 0.2) is 70.3 Å². The molecule has 0 fully saturated rings. The van der Waals surface area contributed by atoms with Crippen LogP contribution in [0.2, 0.25) is 0 Å². The molecule has 5 rings (SSSR count). The molecule has 0 spiro atoms. The molecular weight excluding hydrogens is 499 g/mol. The van der Waals surface area contributed by atoms with Crippen molar-refractivity contribution in [2.45, 2.75) is 19.1 Å². The number of amides is 1. The van der Waals surface area contributed by atoms with Crippen molar-refractivity contribution in [3.63, 3.8) is 0 Å². The molecule has 1 aliphatic heterocycles. The van der Waals surface area contributed by atoms with Crippen LogP contribution < -0.4 is 10.4 Å². The summed E-state index contributed by atoms with van der Waals surface area (Å²) in [6, 6.07) is 10.3. The molecule has 3 N–H and O–H groups in total. The number of aliphatic hydroxyl groups is 1. The van der Waals surface area contributed by atoms with Crippen molar-refractivity contribution in [2.24, 2.45) is 0 Å². The van der Waals surface area contributed by atoms with Gasteiger partial charge in [0.25, 0.3) is 5.91 Å². The van der Waals surface area contributed by atoms with Gasteiger partial charge in [-0.1, -0.05) is 23.5 Å². The average molecular weight is 515 g/mol. The second kappa shape index (κ2) is 8.50. The molecule has 4 aromatic rings. The molecule has 36 heavy (non-hydrogen) atoms. The number of carbonyl (C=O) groups is 2. The first-order valence-corrected chi connectivity index (χ1v) is 11.3. The van der Waals surface area contributed by atoms with E-state index in [-0.39, 0.29) is 22.0 Å². The Bertz CT molecular complexity index is 1540. The van der Waals surface area contributed by atoms with Gasteiger partial charge < -0.3 is 9.52 Å². The van der Waals surface area contributed by atoms with Crippen LogP contribution in [0.3, 0.4) is 0 Å². The number of alkyl halides is 3. The van der Waals surface area contributed by atoms with Gasteiger partial charge in [0.15, 0.2) is 16.7 Å². The lowest BCUT2D eigenvalue weighted by Gasteiger charge is -2.24. The maximum Gasteiger partial charge on any atom is 0.416 e. The topological polar surface area (TPSA) is 116 Å². The van der Waals surface area contributed by atoms with Crippen LogP contribution in [-0.2, 0) is 11.0 Å². The lowest BCUT2D eigenvalue weighted by atomic mass is 9.94. The zero-order chi connectivity index (χ0) is 25.8.